The average molecular weight is 319 g/mol. The zero-order chi connectivity index (χ0) is 16.6. The van der Waals surface area contributed by atoms with Gasteiger partial charge in [-0.1, -0.05) is 116 Å². The van der Waals surface area contributed by atoms with E-state index in [0.29, 0.717) is 0 Å². The fourth-order valence-corrected chi connectivity index (χ4v) is 13.6. The van der Waals surface area contributed by atoms with Crippen LogP contribution in [0.1, 0.15) is 80.1 Å². The van der Waals surface area contributed by atoms with Crippen molar-refractivity contribution in [3.8, 4) is 0 Å². The van der Waals surface area contributed by atoms with Crippen LogP contribution in [0.2, 0.25) is 16.6 Å². The third kappa shape index (κ3) is 3.50. The van der Waals surface area contributed by atoms with Gasteiger partial charge in [0.1, 0.15) is 0 Å². The van der Waals surface area contributed by atoms with Crippen LogP contribution in [0.15, 0.2) is 30.3 Å². The Bertz CT molecular complexity index is 354. The molecule has 0 fully saturated rings. The lowest BCUT2D eigenvalue weighted by atomic mass is 10.2. The SMILES string of the molecule is CCC(CC)[Si](c1ccccc1)(C(CC)CC)C(CC)CC. The van der Waals surface area contributed by atoms with Gasteiger partial charge in [-0.3, -0.25) is 0 Å². The van der Waals surface area contributed by atoms with Crippen molar-refractivity contribution in [2.75, 3.05) is 0 Å². The molecule has 0 spiro atoms. The molecule has 1 aromatic carbocycles. The second-order valence-electron chi connectivity index (χ2n) is 6.84. The van der Waals surface area contributed by atoms with Crippen LogP contribution >= 0.6 is 0 Å². The quantitative estimate of drug-likeness (QED) is 0.411. The maximum absolute atomic E-state index is 2.47. The predicted molar refractivity (Wildman–Crippen MR) is 105 cm³/mol. The number of hydrogen-bond donors (Lipinski definition) is 0. The first-order valence-electron chi connectivity index (χ1n) is 9.72. The minimum absolute atomic E-state index is 0.921. The summed E-state index contributed by atoms with van der Waals surface area (Å²) in [7, 11) is -1.56. The molecule has 0 unspecified atom stereocenters. The lowest BCUT2D eigenvalue weighted by molar-refractivity contribution is 0.608. The first kappa shape index (κ1) is 19.5. The summed E-state index contributed by atoms with van der Waals surface area (Å²) in [5.41, 5.74) is 2.76. The predicted octanol–water partition coefficient (Wildman–Crippen LogP) is 6.91. The van der Waals surface area contributed by atoms with Crippen LogP contribution in [-0.2, 0) is 0 Å². The van der Waals surface area contributed by atoms with Gasteiger partial charge in [-0.25, -0.2) is 0 Å². The third-order valence-corrected chi connectivity index (χ3v) is 14.1. The highest BCUT2D eigenvalue weighted by atomic mass is 28.3. The van der Waals surface area contributed by atoms with Gasteiger partial charge in [-0.2, -0.15) is 0 Å². The van der Waals surface area contributed by atoms with Gasteiger partial charge in [0.25, 0.3) is 0 Å². The van der Waals surface area contributed by atoms with Gasteiger partial charge in [0.05, 0.1) is 8.07 Å². The van der Waals surface area contributed by atoms with Crippen LogP contribution < -0.4 is 5.19 Å². The zero-order valence-electron chi connectivity index (χ0n) is 15.9. The fraction of sp³-hybridized carbons (Fsp3) is 0.714. The van der Waals surface area contributed by atoms with Crippen LogP contribution in [0.5, 0.6) is 0 Å². The molecule has 0 heterocycles. The highest BCUT2D eigenvalue weighted by molar-refractivity contribution is 6.95. The van der Waals surface area contributed by atoms with Crippen molar-refractivity contribution in [1.29, 1.82) is 0 Å². The van der Waals surface area contributed by atoms with Gasteiger partial charge in [0, 0.05) is 0 Å². The van der Waals surface area contributed by atoms with Crippen LogP contribution in [0.3, 0.4) is 0 Å². The molecule has 126 valence electrons. The molecule has 1 rings (SSSR count). The Labute approximate surface area is 140 Å². The molecule has 1 aromatic rings. The monoisotopic (exact) mass is 318 g/mol. The summed E-state index contributed by atoms with van der Waals surface area (Å²) in [5.74, 6) is 0. The molecule has 0 saturated heterocycles. The van der Waals surface area contributed by atoms with Gasteiger partial charge in [0.2, 0.25) is 0 Å². The summed E-state index contributed by atoms with van der Waals surface area (Å²) in [4.78, 5) is 0. The maximum Gasteiger partial charge on any atom is 0.0958 e. The molecule has 0 aromatic heterocycles. The molecule has 0 amide bonds. The minimum Gasteiger partial charge on any atom is -0.0654 e. The largest absolute Gasteiger partial charge is 0.0958 e. The lowest BCUT2D eigenvalue weighted by Gasteiger charge is -2.50. The highest BCUT2D eigenvalue weighted by Crippen LogP contribution is 2.50. The van der Waals surface area contributed by atoms with Crippen LogP contribution in [0, 0.1) is 0 Å². The normalized spacial score (nSPS) is 12.6. The topological polar surface area (TPSA) is 0 Å². The van der Waals surface area contributed by atoms with E-state index in [1.54, 1.807) is 5.19 Å². The molecule has 1 heteroatoms. The summed E-state index contributed by atoms with van der Waals surface area (Å²) in [5, 5.41) is 1.74. The van der Waals surface area contributed by atoms with E-state index in [2.05, 4.69) is 71.9 Å². The van der Waals surface area contributed by atoms with Crippen LogP contribution in [0.25, 0.3) is 0 Å². The smallest absolute Gasteiger partial charge is 0.0654 e. The van der Waals surface area contributed by atoms with E-state index < -0.39 is 8.07 Å². The molecule has 0 aliphatic rings. The molecule has 0 saturated carbocycles. The van der Waals surface area contributed by atoms with Crippen molar-refractivity contribution in [3.63, 3.8) is 0 Å². The first-order chi connectivity index (χ1) is 10.7. The van der Waals surface area contributed by atoms with Crippen LogP contribution in [0.4, 0.5) is 0 Å². The molecular weight excluding hydrogens is 280 g/mol. The Balaban J connectivity index is 3.61. The fourth-order valence-electron chi connectivity index (χ4n) is 5.33. The molecule has 0 N–H and O–H groups in total. The van der Waals surface area contributed by atoms with Crippen molar-refractivity contribution in [3.05, 3.63) is 30.3 Å². The van der Waals surface area contributed by atoms with Crippen molar-refractivity contribution in [2.24, 2.45) is 0 Å². The average Bonchev–Trinajstić information content (AvgIpc) is 2.58. The molecule has 0 aliphatic heterocycles. The summed E-state index contributed by atoms with van der Waals surface area (Å²) < 4.78 is 0. The Hall–Kier alpha value is -0.563. The van der Waals surface area contributed by atoms with E-state index in [-0.39, 0.29) is 0 Å². The Morgan fingerprint density at radius 2 is 0.909 bits per heavy atom. The van der Waals surface area contributed by atoms with E-state index in [1.807, 2.05) is 0 Å². The zero-order valence-corrected chi connectivity index (χ0v) is 16.9. The molecule has 0 radical (unpaired) electrons. The maximum atomic E-state index is 2.47. The second kappa shape index (κ2) is 9.55. The van der Waals surface area contributed by atoms with Crippen LogP contribution in [-0.4, -0.2) is 8.07 Å². The minimum atomic E-state index is -1.56. The Morgan fingerprint density at radius 3 is 1.18 bits per heavy atom. The van der Waals surface area contributed by atoms with Crippen molar-refractivity contribution >= 4 is 13.3 Å². The van der Waals surface area contributed by atoms with Gasteiger partial charge in [0.15, 0.2) is 0 Å². The molecule has 0 atom stereocenters. The number of rotatable bonds is 10. The summed E-state index contributed by atoms with van der Waals surface area (Å²) in [6, 6.07) is 11.7. The first-order valence-corrected chi connectivity index (χ1v) is 12.0. The van der Waals surface area contributed by atoms with E-state index in [4.69, 9.17) is 0 Å². The molecule has 0 bridgehead atoms. The lowest BCUT2D eigenvalue weighted by Crippen LogP contribution is -2.58. The Morgan fingerprint density at radius 1 is 0.591 bits per heavy atom. The van der Waals surface area contributed by atoms with E-state index in [9.17, 15) is 0 Å². The van der Waals surface area contributed by atoms with Crippen molar-refractivity contribution < 1.29 is 0 Å². The molecule has 0 nitrogen and oxygen atoms in total. The molecular formula is C21H38Si. The van der Waals surface area contributed by atoms with E-state index >= 15 is 0 Å². The summed E-state index contributed by atoms with van der Waals surface area (Å²) in [6.07, 6.45) is 8.11. The Kier molecular flexibility index (Phi) is 8.46. The molecule has 22 heavy (non-hydrogen) atoms. The van der Waals surface area contributed by atoms with Gasteiger partial charge in [-0.15, -0.1) is 0 Å². The summed E-state index contributed by atoms with van der Waals surface area (Å²) >= 11 is 0. The number of benzene rings is 1. The van der Waals surface area contributed by atoms with Crippen molar-refractivity contribution in [2.45, 2.75) is 96.7 Å². The third-order valence-electron chi connectivity index (χ3n) is 6.26. The second-order valence-corrected chi connectivity index (χ2v) is 11.7. The van der Waals surface area contributed by atoms with Crippen molar-refractivity contribution in [1.82, 2.24) is 0 Å². The number of hydrogen-bond acceptors (Lipinski definition) is 0. The standard InChI is InChI=1S/C21H38Si/c1-7-18(8-2)22(19(9-3)10-4,20(11-5)12-6)21-16-14-13-15-17-21/h13-20H,7-12H2,1-6H3. The van der Waals surface area contributed by atoms with E-state index in [1.165, 1.54) is 38.5 Å². The van der Waals surface area contributed by atoms with E-state index in [0.717, 1.165) is 16.6 Å². The highest BCUT2D eigenvalue weighted by Gasteiger charge is 2.50. The van der Waals surface area contributed by atoms with Gasteiger partial charge >= 0.3 is 0 Å². The van der Waals surface area contributed by atoms with Gasteiger partial charge in [-0.05, 0) is 16.6 Å². The molecule has 0 aliphatic carbocycles. The summed E-state index contributed by atoms with van der Waals surface area (Å²) in [6.45, 7) is 14.6. The van der Waals surface area contributed by atoms with Gasteiger partial charge < -0.3 is 0 Å².